The van der Waals surface area contributed by atoms with Crippen molar-refractivity contribution in [2.75, 3.05) is 0 Å². The molecule has 0 saturated heterocycles. The van der Waals surface area contributed by atoms with Gasteiger partial charge in [-0.3, -0.25) is 24.0 Å². The zero-order valence-electron chi connectivity index (χ0n) is 19.9. The number of rotatable bonds is 16. The Kier molecular flexibility index (Phi) is 13.4. The number of nitrogens with one attached hydrogen (secondary N) is 3. The normalized spacial score (nSPS) is 14.6. The van der Waals surface area contributed by atoms with Crippen molar-refractivity contribution >= 4 is 35.6 Å². The largest absolute Gasteiger partial charge is 0.481 e. The molecule has 0 spiro atoms. The van der Waals surface area contributed by atoms with Crippen molar-refractivity contribution in [3.05, 3.63) is 0 Å². The van der Waals surface area contributed by atoms with Crippen LogP contribution >= 0.6 is 0 Å². The highest BCUT2D eigenvalue weighted by Crippen LogP contribution is 2.10. The molecule has 0 aliphatic carbocycles. The Morgan fingerprint density at radius 3 is 1.56 bits per heavy atom. The molecule has 0 aromatic rings. The third-order valence-corrected chi connectivity index (χ3v) is 4.68. The summed E-state index contributed by atoms with van der Waals surface area (Å²) in [5, 5.41) is 34.2. The second-order valence-electron chi connectivity index (χ2n) is 8.92. The molecule has 0 radical (unpaired) electrons. The maximum Gasteiger partial charge on any atom is 0.326 e. The zero-order chi connectivity index (χ0) is 26.6. The first-order valence-corrected chi connectivity index (χ1v) is 11.0. The van der Waals surface area contributed by atoms with Crippen LogP contribution in [0.15, 0.2) is 0 Å². The van der Waals surface area contributed by atoms with Gasteiger partial charge in [-0.1, -0.05) is 27.7 Å². The molecule has 4 unspecified atom stereocenters. The summed E-state index contributed by atoms with van der Waals surface area (Å²) >= 11 is 0. The molecule has 0 aliphatic heterocycles. The molecule has 0 rings (SSSR count). The molecule has 0 heterocycles. The van der Waals surface area contributed by atoms with Gasteiger partial charge in [-0.15, -0.1) is 0 Å². The highest BCUT2D eigenvalue weighted by molar-refractivity contribution is 5.95. The van der Waals surface area contributed by atoms with Gasteiger partial charge in [0.05, 0.1) is 12.5 Å². The number of carbonyl (C=O) groups excluding carboxylic acids is 3. The van der Waals surface area contributed by atoms with Gasteiger partial charge in [0.25, 0.3) is 0 Å². The summed E-state index contributed by atoms with van der Waals surface area (Å²) in [5.74, 6) is -6.60. The highest BCUT2D eigenvalue weighted by atomic mass is 16.4. The lowest BCUT2D eigenvalue weighted by Crippen LogP contribution is -2.57. The smallest absolute Gasteiger partial charge is 0.326 e. The summed E-state index contributed by atoms with van der Waals surface area (Å²) in [6.45, 7) is 7.12. The van der Waals surface area contributed by atoms with Crippen LogP contribution in [0.3, 0.4) is 0 Å². The molecule has 0 aliphatic rings. The minimum absolute atomic E-state index is 0.0277. The first-order valence-electron chi connectivity index (χ1n) is 11.0. The molecule has 0 aromatic carbocycles. The zero-order valence-corrected chi connectivity index (χ0v) is 19.9. The molecule has 4 atom stereocenters. The van der Waals surface area contributed by atoms with Crippen molar-refractivity contribution in [1.29, 1.82) is 0 Å². The first-order chi connectivity index (χ1) is 15.6. The predicted molar refractivity (Wildman–Crippen MR) is 119 cm³/mol. The Morgan fingerprint density at radius 2 is 1.12 bits per heavy atom. The molecule has 13 heteroatoms. The third kappa shape index (κ3) is 12.7. The summed E-state index contributed by atoms with van der Waals surface area (Å²) in [6, 6.07) is -5.24. The maximum atomic E-state index is 12.8. The van der Waals surface area contributed by atoms with Crippen LogP contribution in [0.2, 0.25) is 0 Å². The van der Waals surface area contributed by atoms with E-state index in [1.165, 1.54) is 0 Å². The van der Waals surface area contributed by atoms with Gasteiger partial charge in [-0.25, -0.2) is 4.79 Å². The Hall–Kier alpha value is -3.22. The van der Waals surface area contributed by atoms with Gasteiger partial charge in [-0.2, -0.15) is 0 Å². The van der Waals surface area contributed by atoms with Crippen LogP contribution in [0, 0.1) is 11.8 Å². The van der Waals surface area contributed by atoms with Crippen LogP contribution < -0.4 is 21.7 Å². The number of hydrogen-bond donors (Lipinski definition) is 7. The van der Waals surface area contributed by atoms with Gasteiger partial charge >= 0.3 is 17.9 Å². The lowest BCUT2D eigenvalue weighted by molar-refractivity contribution is -0.143. The minimum Gasteiger partial charge on any atom is -0.481 e. The number of amides is 3. The Labute approximate surface area is 197 Å². The molecular formula is C21H36N4O9. The van der Waals surface area contributed by atoms with E-state index in [4.69, 9.17) is 15.9 Å². The number of carbonyl (C=O) groups is 6. The average molecular weight is 489 g/mol. The second-order valence-corrected chi connectivity index (χ2v) is 8.92. The van der Waals surface area contributed by atoms with Gasteiger partial charge in [-0.05, 0) is 31.1 Å². The van der Waals surface area contributed by atoms with Gasteiger partial charge in [0.1, 0.15) is 18.1 Å². The summed E-state index contributed by atoms with van der Waals surface area (Å²) in [6.07, 6.45) is -1.16. The standard InChI is InChI=1S/C21H36N4O9/c1-10(2)7-13(19(31)25-15(21(33)34)8-11(3)4)24-20(32)14(9-17(28)29)23-18(30)12(22)5-6-16(26)27/h10-15H,5-9,22H2,1-4H3,(H,23,30)(H,24,32)(H,25,31)(H,26,27)(H,28,29)(H,33,34). The van der Waals surface area contributed by atoms with Crippen molar-refractivity contribution < 1.29 is 44.1 Å². The Balaban J connectivity index is 5.50. The van der Waals surface area contributed by atoms with E-state index in [1.807, 2.05) is 0 Å². The van der Waals surface area contributed by atoms with Crippen LogP contribution in [0.25, 0.3) is 0 Å². The fourth-order valence-corrected chi connectivity index (χ4v) is 3.01. The molecule has 0 saturated carbocycles. The van der Waals surface area contributed by atoms with Gasteiger partial charge in [0.2, 0.25) is 17.7 Å². The van der Waals surface area contributed by atoms with Crippen LogP contribution in [0.5, 0.6) is 0 Å². The topological polar surface area (TPSA) is 225 Å². The van der Waals surface area contributed by atoms with Crippen molar-refractivity contribution in [1.82, 2.24) is 16.0 Å². The van der Waals surface area contributed by atoms with E-state index in [-0.39, 0.29) is 31.1 Å². The first kappa shape index (κ1) is 30.8. The van der Waals surface area contributed by atoms with Crippen molar-refractivity contribution in [3.63, 3.8) is 0 Å². The molecule has 8 N–H and O–H groups in total. The van der Waals surface area contributed by atoms with E-state index in [2.05, 4.69) is 16.0 Å². The molecular weight excluding hydrogens is 452 g/mol. The van der Waals surface area contributed by atoms with E-state index in [9.17, 15) is 33.9 Å². The highest BCUT2D eigenvalue weighted by Gasteiger charge is 2.32. The number of nitrogens with two attached hydrogens (primary N) is 1. The Morgan fingerprint density at radius 1 is 0.676 bits per heavy atom. The van der Waals surface area contributed by atoms with Crippen molar-refractivity contribution in [2.45, 2.75) is 84.0 Å². The lowest BCUT2D eigenvalue weighted by atomic mass is 10.00. The van der Waals surface area contributed by atoms with E-state index in [0.29, 0.717) is 0 Å². The molecule has 0 bridgehead atoms. The van der Waals surface area contributed by atoms with Crippen LogP contribution in [-0.2, 0) is 28.8 Å². The van der Waals surface area contributed by atoms with Crippen molar-refractivity contribution in [3.8, 4) is 0 Å². The van der Waals surface area contributed by atoms with Crippen LogP contribution in [0.4, 0.5) is 0 Å². The van der Waals surface area contributed by atoms with E-state index < -0.39 is 72.6 Å². The molecule has 13 nitrogen and oxygen atoms in total. The molecule has 34 heavy (non-hydrogen) atoms. The summed E-state index contributed by atoms with van der Waals surface area (Å²) in [4.78, 5) is 71.1. The van der Waals surface area contributed by atoms with E-state index >= 15 is 0 Å². The van der Waals surface area contributed by atoms with Crippen LogP contribution in [0.1, 0.15) is 59.8 Å². The summed E-state index contributed by atoms with van der Waals surface area (Å²) in [7, 11) is 0. The molecule has 0 fully saturated rings. The van der Waals surface area contributed by atoms with Crippen molar-refractivity contribution in [2.24, 2.45) is 17.6 Å². The van der Waals surface area contributed by atoms with Gasteiger partial charge in [0, 0.05) is 6.42 Å². The van der Waals surface area contributed by atoms with Gasteiger partial charge in [0.15, 0.2) is 0 Å². The number of aliphatic carboxylic acids is 3. The number of hydrogen-bond acceptors (Lipinski definition) is 7. The summed E-state index contributed by atoms with van der Waals surface area (Å²) in [5.41, 5.74) is 5.61. The molecule has 0 aromatic heterocycles. The minimum atomic E-state index is -1.59. The lowest BCUT2D eigenvalue weighted by Gasteiger charge is -2.26. The summed E-state index contributed by atoms with van der Waals surface area (Å²) < 4.78 is 0. The third-order valence-electron chi connectivity index (χ3n) is 4.68. The van der Waals surface area contributed by atoms with Crippen LogP contribution in [-0.4, -0.2) is 75.1 Å². The maximum absolute atomic E-state index is 12.8. The van der Waals surface area contributed by atoms with E-state index in [0.717, 1.165) is 0 Å². The predicted octanol–water partition coefficient (Wildman–Crippen LogP) is -0.716. The van der Waals surface area contributed by atoms with Gasteiger partial charge < -0.3 is 37.0 Å². The molecule has 194 valence electrons. The fourth-order valence-electron chi connectivity index (χ4n) is 3.01. The number of carboxylic acids is 3. The monoisotopic (exact) mass is 488 g/mol. The average Bonchev–Trinajstić information content (AvgIpc) is 2.68. The fraction of sp³-hybridized carbons (Fsp3) is 0.714. The SMILES string of the molecule is CC(C)CC(NC(=O)C(CC(C)C)NC(=O)C(CC(=O)O)NC(=O)C(N)CCC(=O)O)C(=O)O. The quantitative estimate of drug-likeness (QED) is 0.144. The molecule has 3 amide bonds. The number of carboxylic acid groups (broad SMARTS) is 3. The Bertz CT molecular complexity index is 755. The second kappa shape index (κ2) is 14.8. The van der Waals surface area contributed by atoms with E-state index in [1.54, 1.807) is 27.7 Å².